The Morgan fingerprint density at radius 3 is 2.47 bits per heavy atom. The van der Waals surface area contributed by atoms with Gasteiger partial charge in [-0.25, -0.2) is 0 Å². The first-order valence-electron chi connectivity index (χ1n) is 6.24. The summed E-state index contributed by atoms with van der Waals surface area (Å²) in [6.07, 6.45) is 7.63. The average Bonchev–Trinajstić information content (AvgIpc) is 2.70. The molecule has 0 saturated heterocycles. The van der Waals surface area contributed by atoms with Crippen molar-refractivity contribution in [3.8, 4) is 0 Å². The van der Waals surface area contributed by atoms with E-state index in [1.807, 2.05) is 0 Å². The highest BCUT2D eigenvalue weighted by Crippen LogP contribution is 2.26. The number of aldehydes is 1. The molecule has 1 aliphatic rings. The van der Waals surface area contributed by atoms with E-state index >= 15 is 0 Å². The number of hydrogen-bond acceptors (Lipinski definition) is 2. The fourth-order valence-corrected chi connectivity index (χ4v) is 2.55. The van der Waals surface area contributed by atoms with Crippen molar-refractivity contribution in [2.75, 3.05) is 20.1 Å². The molecule has 1 saturated carbocycles. The lowest BCUT2D eigenvalue weighted by Crippen LogP contribution is -2.36. The Bertz CT molecular complexity index is 199. The third-order valence-electron chi connectivity index (χ3n) is 3.77. The van der Waals surface area contributed by atoms with Crippen LogP contribution in [0.4, 0.5) is 0 Å². The molecule has 2 heteroatoms. The van der Waals surface area contributed by atoms with Crippen LogP contribution < -0.4 is 0 Å². The lowest BCUT2D eigenvalue weighted by molar-refractivity contribution is -0.116. The first-order chi connectivity index (χ1) is 7.09. The highest BCUT2D eigenvalue weighted by atomic mass is 16.1. The molecule has 0 aromatic heterocycles. The van der Waals surface area contributed by atoms with Crippen LogP contribution in [0.2, 0.25) is 0 Å². The Labute approximate surface area is 94.0 Å². The minimum atomic E-state index is -0.145. The summed E-state index contributed by atoms with van der Waals surface area (Å²) >= 11 is 0. The van der Waals surface area contributed by atoms with Gasteiger partial charge in [0.2, 0.25) is 0 Å². The molecular formula is C13H25NO. The fraction of sp³-hybridized carbons (Fsp3) is 0.923. The molecule has 1 atom stereocenters. The van der Waals surface area contributed by atoms with Crippen molar-refractivity contribution in [1.82, 2.24) is 4.90 Å². The van der Waals surface area contributed by atoms with E-state index < -0.39 is 0 Å². The summed E-state index contributed by atoms with van der Waals surface area (Å²) in [5.41, 5.74) is -0.145. The van der Waals surface area contributed by atoms with Crippen LogP contribution in [-0.2, 0) is 4.79 Å². The fourth-order valence-electron chi connectivity index (χ4n) is 2.55. The summed E-state index contributed by atoms with van der Waals surface area (Å²) in [5, 5.41) is 0. The molecule has 1 aliphatic carbocycles. The zero-order valence-electron chi connectivity index (χ0n) is 10.5. The summed E-state index contributed by atoms with van der Waals surface area (Å²) in [4.78, 5) is 13.3. The highest BCUT2D eigenvalue weighted by molar-refractivity contribution is 5.58. The predicted octanol–water partition coefficient (Wildman–Crippen LogP) is 2.72. The standard InChI is InChI=1S/C13H25NO/c1-4-13(2,11-15)10-14(3)9-12-7-5-6-8-12/h11-12H,4-10H2,1-3H3. The van der Waals surface area contributed by atoms with E-state index in [9.17, 15) is 4.79 Å². The molecule has 15 heavy (non-hydrogen) atoms. The van der Waals surface area contributed by atoms with Crippen LogP contribution in [0.25, 0.3) is 0 Å². The van der Waals surface area contributed by atoms with Crippen molar-refractivity contribution >= 4 is 6.29 Å². The van der Waals surface area contributed by atoms with Gasteiger partial charge in [0.05, 0.1) is 0 Å². The second-order valence-corrected chi connectivity index (χ2v) is 5.47. The third-order valence-corrected chi connectivity index (χ3v) is 3.77. The zero-order valence-corrected chi connectivity index (χ0v) is 10.5. The number of nitrogens with zero attached hydrogens (tertiary/aromatic N) is 1. The molecule has 0 aromatic carbocycles. The minimum Gasteiger partial charge on any atom is -0.305 e. The van der Waals surface area contributed by atoms with Gasteiger partial charge < -0.3 is 9.69 Å². The van der Waals surface area contributed by atoms with Gasteiger partial charge in [0, 0.05) is 18.5 Å². The molecule has 1 unspecified atom stereocenters. The predicted molar refractivity (Wildman–Crippen MR) is 63.9 cm³/mol. The number of carbonyl (C=O) groups excluding carboxylic acids is 1. The second kappa shape index (κ2) is 5.64. The van der Waals surface area contributed by atoms with Gasteiger partial charge >= 0.3 is 0 Å². The maximum atomic E-state index is 11.0. The van der Waals surface area contributed by atoms with Crippen molar-refractivity contribution in [2.45, 2.75) is 46.0 Å². The summed E-state index contributed by atoms with van der Waals surface area (Å²) in [5.74, 6) is 0.878. The summed E-state index contributed by atoms with van der Waals surface area (Å²) in [6.45, 7) is 6.23. The molecule has 0 bridgehead atoms. The Hall–Kier alpha value is -0.370. The minimum absolute atomic E-state index is 0.145. The molecule has 0 aromatic rings. The zero-order chi connectivity index (χ0) is 11.3. The van der Waals surface area contributed by atoms with Gasteiger partial charge in [-0.3, -0.25) is 0 Å². The van der Waals surface area contributed by atoms with Crippen molar-refractivity contribution in [3.05, 3.63) is 0 Å². The van der Waals surface area contributed by atoms with Crippen LogP contribution in [-0.4, -0.2) is 31.3 Å². The highest BCUT2D eigenvalue weighted by Gasteiger charge is 2.25. The van der Waals surface area contributed by atoms with Gasteiger partial charge in [-0.05, 0) is 32.2 Å². The molecule has 0 radical (unpaired) electrons. The monoisotopic (exact) mass is 211 g/mol. The SMILES string of the molecule is CCC(C)(C=O)CN(C)CC1CCCC1. The Morgan fingerprint density at radius 2 is 2.00 bits per heavy atom. The van der Waals surface area contributed by atoms with E-state index in [1.165, 1.54) is 32.2 Å². The van der Waals surface area contributed by atoms with Crippen molar-refractivity contribution < 1.29 is 4.79 Å². The van der Waals surface area contributed by atoms with Gasteiger partial charge in [-0.2, -0.15) is 0 Å². The lowest BCUT2D eigenvalue weighted by atomic mass is 9.88. The number of hydrogen-bond donors (Lipinski definition) is 0. The Balaban J connectivity index is 2.33. The molecule has 1 fully saturated rings. The average molecular weight is 211 g/mol. The topological polar surface area (TPSA) is 20.3 Å². The maximum Gasteiger partial charge on any atom is 0.127 e. The van der Waals surface area contributed by atoms with Gasteiger partial charge in [0.25, 0.3) is 0 Å². The molecule has 88 valence electrons. The largest absolute Gasteiger partial charge is 0.305 e. The van der Waals surface area contributed by atoms with E-state index in [4.69, 9.17) is 0 Å². The first-order valence-corrected chi connectivity index (χ1v) is 6.24. The van der Waals surface area contributed by atoms with Crippen LogP contribution in [0.1, 0.15) is 46.0 Å². The quantitative estimate of drug-likeness (QED) is 0.630. The van der Waals surface area contributed by atoms with E-state index in [2.05, 4.69) is 25.8 Å². The molecular weight excluding hydrogens is 186 g/mol. The Morgan fingerprint density at radius 1 is 1.40 bits per heavy atom. The molecule has 0 spiro atoms. The van der Waals surface area contributed by atoms with Crippen LogP contribution in [0.3, 0.4) is 0 Å². The summed E-state index contributed by atoms with van der Waals surface area (Å²) < 4.78 is 0. The maximum absolute atomic E-state index is 11.0. The molecule has 0 aliphatic heterocycles. The van der Waals surface area contributed by atoms with Crippen LogP contribution in [0, 0.1) is 11.3 Å². The normalized spacial score (nSPS) is 21.9. The molecule has 0 N–H and O–H groups in total. The van der Waals surface area contributed by atoms with Crippen molar-refractivity contribution in [3.63, 3.8) is 0 Å². The van der Waals surface area contributed by atoms with E-state index in [-0.39, 0.29) is 5.41 Å². The third kappa shape index (κ3) is 3.94. The van der Waals surface area contributed by atoms with Crippen LogP contribution >= 0.6 is 0 Å². The number of carbonyl (C=O) groups is 1. The second-order valence-electron chi connectivity index (χ2n) is 5.47. The molecule has 1 rings (SSSR count). The first kappa shape index (κ1) is 12.7. The van der Waals surface area contributed by atoms with E-state index in [0.29, 0.717) is 0 Å². The van der Waals surface area contributed by atoms with Crippen molar-refractivity contribution in [1.29, 1.82) is 0 Å². The van der Waals surface area contributed by atoms with Crippen LogP contribution in [0.15, 0.2) is 0 Å². The van der Waals surface area contributed by atoms with Gasteiger partial charge in [0.1, 0.15) is 6.29 Å². The Kier molecular flexibility index (Phi) is 4.78. The smallest absolute Gasteiger partial charge is 0.127 e. The van der Waals surface area contributed by atoms with Gasteiger partial charge in [-0.1, -0.05) is 26.7 Å². The van der Waals surface area contributed by atoms with Gasteiger partial charge in [0.15, 0.2) is 0 Å². The molecule has 0 amide bonds. The van der Waals surface area contributed by atoms with Crippen LogP contribution in [0.5, 0.6) is 0 Å². The molecule has 0 heterocycles. The summed E-state index contributed by atoms with van der Waals surface area (Å²) in [6, 6.07) is 0. The lowest BCUT2D eigenvalue weighted by Gasteiger charge is -2.29. The van der Waals surface area contributed by atoms with E-state index in [0.717, 1.165) is 25.2 Å². The van der Waals surface area contributed by atoms with Gasteiger partial charge in [-0.15, -0.1) is 0 Å². The summed E-state index contributed by atoms with van der Waals surface area (Å²) in [7, 11) is 2.15. The number of rotatable bonds is 6. The van der Waals surface area contributed by atoms with Crippen molar-refractivity contribution in [2.24, 2.45) is 11.3 Å². The van der Waals surface area contributed by atoms with E-state index in [1.54, 1.807) is 0 Å². The molecule has 2 nitrogen and oxygen atoms in total.